The van der Waals surface area contributed by atoms with Crippen molar-refractivity contribution in [3.8, 4) is 0 Å². The van der Waals surface area contributed by atoms with Gasteiger partial charge in [0.1, 0.15) is 0 Å². The third-order valence-corrected chi connectivity index (χ3v) is 3.15. The Morgan fingerprint density at radius 1 is 1.31 bits per heavy atom. The summed E-state index contributed by atoms with van der Waals surface area (Å²) in [4.78, 5) is 0. The van der Waals surface area contributed by atoms with Crippen molar-refractivity contribution in [2.75, 3.05) is 6.54 Å². The van der Waals surface area contributed by atoms with Gasteiger partial charge in [-0.25, -0.2) is 0 Å². The Morgan fingerprint density at radius 2 is 2.00 bits per heavy atom. The van der Waals surface area contributed by atoms with Gasteiger partial charge in [0.15, 0.2) is 0 Å². The molecule has 0 amide bonds. The zero-order valence-corrected chi connectivity index (χ0v) is 10.2. The maximum atomic E-state index is 5.69. The number of nitrogens with zero attached hydrogens (tertiary/aromatic N) is 2. The van der Waals surface area contributed by atoms with Crippen LogP contribution in [0.25, 0.3) is 10.9 Å². The van der Waals surface area contributed by atoms with Gasteiger partial charge in [0.25, 0.3) is 0 Å². The first kappa shape index (κ1) is 11.1. The molecule has 2 aromatic rings. The van der Waals surface area contributed by atoms with Crippen LogP contribution in [0.15, 0.2) is 24.3 Å². The Labute approximate surface area is 96.2 Å². The van der Waals surface area contributed by atoms with Crippen LogP contribution >= 0.6 is 0 Å². The fourth-order valence-electron chi connectivity index (χ4n) is 2.43. The lowest BCUT2D eigenvalue weighted by Crippen LogP contribution is -2.24. The van der Waals surface area contributed by atoms with E-state index in [1.807, 2.05) is 17.8 Å². The van der Waals surface area contributed by atoms with E-state index in [4.69, 9.17) is 5.73 Å². The van der Waals surface area contributed by atoms with Gasteiger partial charge in [-0.3, -0.25) is 4.68 Å². The zero-order chi connectivity index (χ0) is 11.8. The number of aryl methyl sites for hydroxylation is 1. The van der Waals surface area contributed by atoms with Crippen molar-refractivity contribution in [1.82, 2.24) is 9.78 Å². The molecule has 0 unspecified atom stereocenters. The highest BCUT2D eigenvalue weighted by molar-refractivity contribution is 5.82. The van der Waals surface area contributed by atoms with E-state index in [9.17, 15) is 0 Å². The van der Waals surface area contributed by atoms with E-state index in [0.29, 0.717) is 6.54 Å². The number of aromatic nitrogens is 2. The Kier molecular flexibility index (Phi) is 2.72. The molecule has 1 aromatic carbocycles. The summed E-state index contributed by atoms with van der Waals surface area (Å²) in [5.74, 6) is 0. The van der Waals surface area contributed by atoms with Gasteiger partial charge in [-0.1, -0.05) is 32.0 Å². The highest BCUT2D eigenvalue weighted by atomic mass is 15.3. The average molecular weight is 217 g/mol. The molecule has 3 heteroatoms. The molecule has 2 N–H and O–H groups in total. The van der Waals surface area contributed by atoms with Crippen molar-refractivity contribution < 1.29 is 0 Å². The van der Waals surface area contributed by atoms with Crippen LogP contribution in [0.4, 0.5) is 0 Å². The molecule has 0 spiro atoms. The molecule has 0 saturated carbocycles. The summed E-state index contributed by atoms with van der Waals surface area (Å²) in [5, 5.41) is 5.78. The number of fused-ring (bicyclic) bond motifs is 1. The van der Waals surface area contributed by atoms with Crippen LogP contribution in [0.2, 0.25) is 0 Å². The Hall–Kier alpha value is -1.35. The van der Waals surface area contributed by atoms with E-state index < -0.39 is 0 Å². The smallest absolute Gasteiger partial charge is 0.0926 e. The van der Waals surface area contributed by atoms with Crippen LogP contribution in [0.5, 0.6) is 0 Å². The summed E-state index contributed by atoms with van der Waals surface area (Å²) in [7, 11) is 2.01. The van der Waals surface area contributed by atoms with Crippen LogP contribution < -0.4 is 5.73 Å². The van der Waals surface area contributed by atoms with E-state index in [0.717, 1.165) is 11.9 Å². The minimum Gasteiger partial charge on any atom is -0.330 e. The van der Waals surface area contributed by atoms with Crippen LogP contribution in [0, 0.1) is 0 Å². The molecule has 0 fully saturated rings. The van der Waals surface area contributed by atoms with Gasteiger partial charge in [-0.05, 0) is 19.0 Å². The molecule has 0 aliphatic heterocycles. The number of hydrogen-bond donors (Lipinski definition) is 1. The molecule has 0 aliphatic carbocycles. The Balaban J connectivity index is 2.63. The summed E-state index contributed by atoms with van der Waals surface area (Å²) >= 11 is 0. The van der Waals surface area contributed by atoms with Crippen molar-refractivity contribution >= 4 is 10.9 Å². The second-order valence-corrected chi connectivity index (χ2v) is 4.91. The summed E-state index contributed by atoms with van der Waals surface area (Å²) in [6.07, 6.45) is 0.969. The topological polar surface area (TPSA) is 43.8 Å². The van der Waals surface area contributed by atoms with Gasteiger partial charge in [-0.2, -0.15) is 5.10 Å². The standard InChI is InChI=1S/C13H19N3/c1-13(2,8-9-14)12-10-6-4-5-7-11(10)15-16(12)3/h4-7H,8-9,14H2,1-3H3. The van der Waals surface area contributed by atoms with Crippen molar-refractivity contribution in [1.29, 1.82) is 0 Å². The van der Waals surface area contributed by atoms with Gasteiger partial charge >= 0.3 is 0 Å². The maximum absolute atomic E-state index is 5.69. The minimum absolute atomic E-state index is 0.0691. The molecular formula is C13H19N3. The number of rotatable bonds is 3. The molecule has 86 valence electrons. The van der Waals surface area contributed by atoms with Crippen LogP contribution in [-0.2, 0) is 12.5 Å². The van der Waals surface area contributed by atoms with E-state index >= 15 is 0 Å². The predicted molar refractivity (Wildman–Crippen MR) is 67.4 cm³/mol. The molecule has 0 aliphatic rings. The Bertz CT molecular complexity index is 497. The van der Waals surface area contributed by atoms with Crippen molar-refractivity contribution in [3.63, 3.8) is 0 Å². The number of benzene rings is 1. The molecule has 0 radical (unpaired) electrons. The lowest BCUT2D eigenvalue weighted by molar-refractivity contribution is 0.451. The molecular weight excluding hydrogens is 198 g/mol. The predicted octanol–water partition coefficient (Wildman–Crippen LogP) is 2.20. The second kappa shape index (κ2) is 3.91. The largest absolute Gasteiger partial charge is 0.330 e. The maximum Gasteiger partial charge on any atom is 0.0926 e. The van der Waals surface area contributed by atoms with Gasteiger partial charge in [0.2, 0.25) is 0 Å². The quantitative estimate of drug-likeness (QED) is 0.856. The summed E-state index contributed by atoms with van der Waals surface area (Å²) < 4.78 is 1.99. The molecule has 1 heterocycles. The van der Waals surface area contributed by atoms with Crippen molar-refractivity contribution in [2.24, 2.45) is 12.8 Å². The van der Waals surface area contributed by atoms with Crippen LogP contribution in [0.1, 0.15) is 26.0 Å². The van der Waals surface area contributed by atoms with Gasteiger partial charge in [-0.15, -0.1) is 0 Å². The number of nitrogens with two attached hydrogens (primary N) is 1. The molecule has 16 heavy (non-hydrogen) atoms. The fraction of sp³-hybridized carbons (Fsp3) is 0.462. The van der Waals surface area contributed by atoms with Gasteiger partial charge < -0.3 is 5.73 Å². The first-order chi connectivity index (χ1) is 7.56. The van der Waals surface area contributed by atoms with E-state index in [1.165, 1.54) is 11.1 Å². The second-order valence-electron chi connectivity index (χ2n) is 4.91. The first-order valence-corrected chi connectivity index (χ1v) is 5.68. The normalized spacial score (nSPS) is 12.2. The highest BCUT2D eigenvalue weighted by Crippen LogP contribution is 2.31. The third-order valence-electron chi connectivity index (χ3n) is 3.15. The summed E-state index contributed by atoms with van der Waals surface area (Å²) in [6, 6.07) is 8.27. The van der Waals surface area contributed by atoms with Crippen molar-refractivity contribution in [3.05, 3.63) is 30.0 Å². The van der Waals surface area contributed by atoms with Crippen molar-refractivity contribution in [2.45, 2.75) is 25.7 Å². The third kappa shape index (κ3) is 1.71. The van der Waals surface area contributed by atoms with E-state index in [-0.39, 0.29) is 5.41 Å². The summed E-state index contributed by atoms with van der Waals surface area (Å²) in [6.45, 7) is 5.15. The molecule has 2 rings (SSSR count). The lowest BCUT2D eigenvalue weighted by atomic mass is 9.84. The molecule has 0 atom stereocenters. The van der Waals surface area contributed by atoms with E-state index in [2.05, 4.69) is 37.1 Å². The number of hydrogen-bond acceptors (Lipinski definition) is 2. The Morgan fingerprint density at radius 3 is 2.69 bits per heavy atom. The molecule has 1 aromatic heterocycles. The minimum atomic E-state index is 0.0691. The summed E-state index contributed by atoms with van der Waals surface area (Å²) in [5.41, 5.74) is 8.09. The average Bonchev–Trinajstić information content (AvgIpc) is 2.53. The van der Waals surface area contributed by atoms with E-state index in [1.54, 1.807) is 0 Å². The van der Waals surface area contributed by atoms with Gasteiger partial charge in [0.05, 0.1) is 11.2 Å². The van der Waals surface area contributed by atoms with Crippen LogP contribution in [-0.4, -0.2) is 16.3 Å². The highest BCUT2D eigenvalue weighted by Gasteiger charge is 2.25. The fourth-order valence-corrected chi connectivity index (χ4v) is 2.43. The zero-order valence-electron chi connectivity index (χ0n) is 10.2. The molecule has 0 bridgehead atoms. The molecule has 3 nitrogen and oxygen atoms in total. The monoisotopic (exact) mass is 217 g/mol. The van der Waals surface area contributed by atoms with Crippen LogP contribution in [0.3, 0.4) is 0 Å². The first-order valence-electron chi connectivity index (χ1n) is 5.68. The lowest BCUT2D eigenvalue weighted by Gasteiger charge is -2.24. The van der Waals surface area contributed by atoms with Gasteiger partial charge in [0, 0.05) is 17.8 Å². The molecule has 0 saturated heterocycles. The SMILES string of the molecule is Cn1nc2ccccc2c1C(C)(C)CCN.